The van der Waals surface area contributed by atoms with Crippen molar-refractivity contribution in [3.05, 3.63) is 71.2 Å². The second-order valence-electron chi connectivity index (χ2n) is 5.64. The fourth-order valence-corrected chi connectivity index (χ4v) is 2.83. The quantitative estimate of drug-likeness (QED) is 0.774. The topological polar surface area (TPSA) is 37.5 Å². The van der Waals surface area contributed by atoms with Gasteiger partial charge >= 0.3 is 0 Å². The molecule has 0 aliphatic carbocycles. The zero-order valence-electron chi connectivity index (χ0n) is 13.2. The minimum atomic E-state index is -0.484. The maximum Gasteiger partial charge on any atom is 0.137 e. The van der Waals surface area contributed by atoms with Crippen molar-refractivity contribution in [1.29, 1.82) is 0 Å². The van der Waals surface area contributed by atoms with Gasteiger partial charge < -0.3 is 9.51 Å². The van der Waals surface area contributed by atoms with E-state index in [0.717, 1.165) is 29.9 Å². The fraction of sp³-hybridized carbons (Fsp3) is 0.316. The predicted molar refractivity (Wildman–Crippen MR) is 89.1 cm³/mol. The molecule has 1 N–H and O–H groups in total. The molecule has 1 aromatic carbocycles. The molecule has 0 fully saturated rings. The number of hydrogen-bond donors (Lipinski definition) is 1. The molecule has 0 amide bonds. The number of aliphatic hydroxyl groups is 1. The lowest BCUT2D eigenvalue weighted by molar-refractivity contribution is 0.167. The van der Waals surface area contributed by atoms with Crippen LogP contribution in [0.2, 0.25) is 0 Å². The Morgan fingerprint density at radius 1 is 1.05 bits per heavy atom. The van der Waals surface area contributed by atoms with Gasteiger partial charge in [-0.1, -0.05) is 44.2 Å². The van der Waals surface area contributed by atoms with Gasteiger partial charge in [0.1, 0.15) is 5.65 Å². The Kier molecular flexibility index (Phi) is 4.25. The van der Waals surface area contributed by atoms with Gasteiger partial charge in [-0.15, -0.1) is 0 Å². The monoisotopic (exact) mass is 294 g/mol. The highest BCUT2D eigenvalue weighted by molar-refractivity contribution is 5.45. The molecule has 114 valence electrons. The van der Waals surface area contributed by atoms with Crippen LogP contribution in [0.5, 0.6) is 0 Å². The summed E-state index contributed by atoms with van der Waals surface area (Å²) in [6, 6.07) is 14.6. The van der Waals surface area contributed by atoms with Crippen molar-refractivity contribution >= 4 is 5.65 Å². The number of aromatic nitrogens is 2. The molecule has 2 heterocycles. The molecule has 0 saturated heterocycles. The third-order valence-electron chi connectivity index (χ3n) is 4.15. The second-order valence-corrected chi connectivity index (χ2v) is 5.64. The first-order chi connectivity index (χ1) is 10.7. The Labute approximate surface area is 131 Å². The number of aryl methyl sites for hydroxylation is 1. The van der Waals surface area contributed by atoms with Crippen LogP contribution in [0, 0.1) is 0 Å². The maximum absolute atomic E-state index is 10.4. The number of imidazole rings is 1. The second kappa shape index (κ2) is 6.32. The number of hydrogen-bond acceptors (Lipinski definition) is 2. The molecule has 1 atom stereocenters. The Hall–Kier alpha value is -2.13. The molecule has 0 spiro atoms. The SMILES string of the molecule is CCc1ccc(Cc2nc3ccccn3c2C(O)CC)cc1. The first kappa shape index (κ1) is 14.8. The summed E-state index contributed by atoms with van der Waals surface area (Å²) in [5.41, 5.74) is 5.34. The van der Waals surface area contributed by atoms with E-state index in [1.807, 2.05) is 35.7 Å². The minimum Gasteiger partial charge on any atom is -0.387 e. The zero-order chi connectivity index (χ0) is 15.5. The van der Waals surface area contributed by atoms with Crippen LogP contribution in [-0.2, 0) is 12.8 Å². The molecule has 3 rings (SSSR count). The number of benzene rings is 1. The summed E-state index contributed by atoms with van der Waals surface area (Å²) < 4.78 is 2.00. The summed E-state index contributed by atoms with van der Waals surface area (Å²) in [6.45, 7) is 4.15. The van der Waals surface area contributed by atoms with Crippen LogP contribution < -0.4 is 0 Å². The fourth-order valence-electron chi connectivity index (χ4n) is 2.83. The molecule has 2 aromatic heterocycles. The number of nitrogens with zero attached hydrogens (tertiary/aromatic N) is 2. The van der Waals surface area contributed by atoms with Crippen molar-refractivity contribution in [2.45, 2.75) is 39.2 Å². The Bertz CT molecular complexity index is 759. The third-order valence-corrected chi connectivity index (χ3v) is 4.15. The van der Waals surface area contributed by atoms with E-state index in [1.54, 1.807) is 0 Å². The van der Waals surface area contributed by atoms with Crippen LogP contribution in [0.25, 0.3) is 5.65 Å². The molecule has 3 heteroatoms. The van der Waals surface area contributed by atoms with Crippen LogP contribution >= 0.6 is 0 Å². The summed E-state index contributed by atoms with van der Waals surface area (Å²) in [5, 5.41) is 10.4. The standard InChI is InChI=1S/C19H22N2O/c1-3-14-8-10-15(11-9-14)13-16-19(17(22)4-2)21-12-6-5-7-18(21)20-16/h5-12,17,22H,3-4,13H2,1-2H3. The molecule has 0 saturated carbocycles. The summed E-state index contributed by atoms with van der Waals surface area (Å²) in [6.07, 6.45) is 3.97. The number of aliphatic hydroxyl groups excluding tert-OH is 1. The Morgan fingerprint density at radius 2 is 1.77 bits per heavy atom. The van der Waals surface area contributed by atoms with Crippen molar-refractivity contribution in [3.8, 4) is 0 Å². The smallest absolute Gasteiger partial charge is 0.137 e. The molecule has 22 heavy (non-hydrogen) atoms. The van der Waals surface area contributed by atoms with E-state index in [2.05, 4.69) is 31.2 Å². The largest absolute Gasteiger partial charge is 0.387 e. The van der Waals surface area contributed by atoms with Gasteiger partial charge in [0.25, 0.3) is 0 Å². The van der Waals surface area contributed by atoms with E-state index >= 15 is 0 Å². The lowest BCUT2D eigenvalue weighted by atomic mass is 10.0. The molecular weight excluding hydrogens is 272 g/mol. The summed E-state index contributed by atoms with van der Waals surface area (Å²) in [7, 11) is 0. The van der Waals surface area contributed by atoms with Crippen LogP contribution in [0.4, 0.5) is 0 Å². The number of fused-ring (bicyclic) bond motifs is 1. The number of rotatable bonds is 5. The lowest BCUT2D eigenvalue weighted by Crippen LogP contribution is -2.04. The van der Waals surface area contributed by atoms with Crippen LogP contribution in [0.1, 0.15) is 48.9 Å². The van der Waals surface area contributed by atoms with Gasteiger partial charge in [-0.3, -0.25) is 0 Å². The van der Waals surface area contributed by atoms with Gasteiger partial charge in [0, 0.05) is 12.6 Å². The highest BCUT2D eigenvalue weighted by Crippen LogP contribution is 2.24. The third kappa shape index (κ3) is 2.77. The summed E-state index contributed by atoms with van der Waals surface area (Å²) in [4.78, 5) is 4.72. The molecular formula is C19H22N2O. The van der Waals surface area contributed by atoms with Crippen molar-refractivity contribution < 1.29 is 5.11 Å². The average Bonchev–Trinajstić information content (AvgIpc) is 2.92. The van der Waals surface area contributed by atoms with Crippen LogP contribution in [0.15, 0.2) is 48.7 Å². The van der Waals surface area contributed by atoms with Crippen molar-refractivity contribution in [1.82, 2.24) is 9.38 Å². The molecule has 1 unspecified atom stereocenters. The molecule has 0 aliphatic rings. The van der Waals surface area contributed by atoms with E-state index in [-0.39, 0.29) is 0 Å². The number of pyridine rings is 1. The van der Waals surface area contributed by atoms with E-state index in [1.165, 1.54) is 11.1 Å². The van der Waals surface area contributed by atoms with Crippen molar-refractivity contribution in [2.24, 2.45) is 0 Å². The zero-order valence-corrected chi connectivity index (χ0v) is 13.2. The molecule has 0 aliphatic heterocycles. The Morgan fingerprint density at radius 3 is 2.45 bits per heavy atom. The van der Waals surface area contributed by atoms with Crippen molar-refractivity contribution in [2.75, 3.05) is 0 Å². The normalized spacial score (nSPS) is 12.7. The van der Waals surface area contributed by atoms with Crippen molar-refractivity contribution in [3.63, 3.8) is 0 Å². The maximum atomic E-state index is 10.4. The van der Waals surface area contributed by atoms with Gasteiger partial charge in [0.05, 0.1) is 17.5 Å². The van der Waals surface area contributed by atoms with Crippen LogP contribution in [0.3, 0.4) is 0 Å². The van der Waals surface area contributed by atoms with Gasteiger partial charge in [-0.2, -0.15) is 0 Å². The first-order valence-corrected chi connectivity index (χ1v) is 7.94. The lowest BCUT2D eigenvalue weighted by Gasteiger charge is -2.10. The highest BCUT2D eigenvalue weighted by Gasteiger charge is 2.18. The summed E-state index contributed by atoms with van der Waals surface area (Å²) >= 11 is 0. The van der Waals surface area contributed by atoms with E-state index in [4.69, 9.17) is 4.98 Å². The van der Waals surface area contributed by atoms with Gasteiger partial charge in [-0.25, -0.2) is 4.98 Å². The van der Waals surface area contributed by atoms with E-state index < -0.39 is 6.10 Å². The Balaban J connectivity index is 2.01. The van der Waals surface area contributed by atoms with Crippen LogP contribution in [-0.4, -0.2) is 14.5 Å². The van der Waals surface area contributed by atoms with E-state index in [9.17, 15) is 5.11 Å². The van der Waals surface area contributed by atoms with Gasteiger partial charge in [-0.05, 0) is 36.1 Å². The first-order valence-electron chi connectivity index (χ1n) is 7.94. The minimum absolute atomic E-state index is 0.484. The molecule has 0 radical (unpaired) electrons. The molecule has 0 bridgehead atoms. The summed E-state index contributed by atoms with van der Waals surface area (Å²) in [5.74, 6) is 0. The van der Waals surface area contributed by atoms with Gasteiger partial charge in [0.15, 0.2) is 0 Å². The van der Waals surface area contributed by atoms with Gasteiger partial charge in [0.2, 0.25) is 0 Å². The average molecular weight is 294 g/mol. The molecule has 3 aromatic rings. The highest BCUT2D eigenvalue weighted by atomic mass is 16.3. The molecule has 3 nitrogen and oxygen atoms in total. The predicted octanol–water partition coefficient (Wildman–Crippen LogP) is 3.93. The van der Waals surface area contributed by atoms with E-state index in [0.29, 0.717) is 6.42 Å².